The molecule has 1 spiro atoms. The zero-order valence-electron chi connectivity index (χ0n) is 36.5. The molecule has 2 aliphatic heterocycles. The zero-order chi connectivity index (χ0) is 38.8. The predicted molar refractivity (Wildman–Crippen MR) is 234 cm³/mol. The summed E-state index contributed by atoms with van der Waals surface area (Å²) in [6, 6.07) is 0. The Balaban J connectivity index is 1.71. The molecule has 54 heavy (non-hydrogen) atoms. The van der Waals surface area contributed by atoms with Crippen LogP contribution in [0.15, 0.2) is 36.5 Å². The van der Waals surface area contributed by atoms with Crippen LogP contribution < -0.4 is 0 Å². The number of piperidine rings is 1. The number of hydrogen-bond donors (Lipinski definition) is 0. The van der Waals surface area contributed by atoms with Crippen molar-refractivity contribution >= 4 is 5.91 Å². The van der Waals surface area contributed by atoms with E-state index >= 15 is 0 Å². The normalized spacial score (nSPS) is 20.6. The van der Waals surface area contributed by atoms with Gasteiger partial charge < -0.3 is 19.3 Å². The minimum atomic E-state index is -0.465. The van der Waals surface area contributed by atoms with Gasteiger partial charge in [-0.15, -0.1) is 0 Å². The molecule has 2 saturated heterocycles. The monoisotopic (exact) mass is 755 g/mol. The largest absolute Gasteiger partial charge is 0.347 e. The fourth-order valence-corrected chi connectivity index (χ4v) is 8.33. The average molecular weight is 755 g/mol. The van der Waals surface area contributed by atoms with Gasteiger partial charge in [0, 0.05) is 25.8 Å². The summed E-state index contributed by atoms with van der Waals surface area (Å²) in [6.45, 7) is 7.72. The van der Waals surface area contributed by atoms with Crippen molar-refractivity contribution in [2.45, 2.75) is 231 Å². The van der Waals surface area contributed by atoms with Crippen LogP contribution in [0.1, 0.15) is 219 Å². The van der Waals surface area contributed by atoms with Crippen LogP contribution in [0.3, 0.4) is 0 Å². The minimum absolute atomic E-state index is 0.287. The van der Waals surface area contributed by atoms with E-state index in [1.165, 1.54) is 161 Å². The SMILES string of the molecule is CCCCC/C=C\C/C=C\CCCCCCCCC1(CCCCCCCC/C=C\CCCCCCCC)OCC2(CCCN(C(=O)CCCN(C)C)C2)O1. The van der Waals surface area contributed by atoms with Crippen LogP contribution in [-0.2, 0) is 14.3 Å². The van der Waals surface area contributed by atoms with Crippen molar-refractivity contribution < 1.29 is 14.3 Å². The predicted octanol–water partition coefficient (Wildman–Crippen LogP) is 14.1. The maximum absolute atomic E-state index is 13.2. The summed E-state index contributed by atoms with van der Waals surface area (Å²) in [4.78, 5) is 17.4. The van der Waals surface area contributed by atoms with Crippen LogP contribution in [0.5, 0.6) is 0 Å². The lowest BCUT2D eigenvalue weighted by Gasteiger charge is -2.40. The second-order valence-corrected chi connectivity index (χ2v) is 17.3. The first-order valence-electron chi connectivity index (χ1n) is 23.7. The summed E-state index contributed by atoms with van der Waals surface area (Å²) >= 11 is 0. The summed E-state index contributed by atoms with van der Waals surface area (Å²) in [6.07, 6.45) is 53.5. The van der Waals surface area contributed by atoms with E-state index < -0.39 is 5.79 Å². The lowest BCUT2D eigenvalue weighted by atomic mass is 9.93. The van der Waals surface area contributed by atoms with Crippen LogP contribution >= 0.6 is 0 Å². The number of likely N-dealkylation sites (tertiary alicyclic amines) is 1. The topological polar surface area (TPSA) is 42.0 Å². The Bertz CT molecular complexity index is 976. The highest BCUT2D eigenvalue weighted by molar-refractivity contribution is 5.76. The molecule has 0 aromatic rings. The molecule has 0 bridgehead atoms. The Hall–Kier alpha value is -1.43. The first-order valence-corrected chi connectivity index (χ1v) is 23.7. The van der Waals surface area contributed by atoms with Crippen LogP contribution in [-0.4, -0.2) is 67.4 Å². The second-order valence-electron chi connectivity index (χ2n) is 17.3. The van der Waals surface area contributed by atoms with Gasteiger partial charge in [0.15, 0.2) is 5.79 Å². The second kappa shape index (κ2) is 32.6. The molecule has 0 radical (unpaired) electrons. The summed E-state index contributed by atoms with van der Waals surface area (Å²) in [5, 5.41) is 0. The molecule has 2 rings (SSSR count). The molecule has 2 aliphatic rings. The summed E-state index contributed by atoms with van der Waals surface area (Å²) in [5.41, 5.74) is -0.323. The highest BCUT2D eigenvalue weighted by Crippen LogP contribution is 2.43. The van der Waals surface area contributed by atoms with E-state index in [2.05, 4.69) is 74.2 Å². The maximum Gasteiger partial charge on any atom is 0.222 e. The molecule has 0 N–H and O–H groups in total. The van der Waals surface area contributed by atoms with Crippen LogP contribution in [0.25, 0.3) is 0 Å². The molecule has 0 aromatic carbocycles. The van der Waals surface area contributed by atoms with Gasteiger partial charge in [0.25, 0.3) is 0 Å². The van der Waals surface area contributed by atoms with Gasteiger partial charge in [-0.05, 0) is 111 Å². The third kappa shape index (κ3) is 24.3. The number of carbonyl (C=O) groups is 1. The Labute approximate surface area is 336 Å². The van der Waals surface area contributed by atoms with E-state index in [4.69, 9.17) is 9.47 Å². The molecule has 0 aromatic heterocycles. The van der Waals surface area contributed by atoms with Gasteiger partial charge in [0.1, 0.15) is 5.60 Å². The molecule has 5 nitrogen and oxygen atoms in total. The smallest absolute Gasteiger partial charge is 0.222 e. The van der Waals surface area contributed by atoms with Crippen molar-refractivity contribution in [3.05, 3.63) is 36.5 Å². The van der Waals surface area contributed by atoms with E-state index in [1.54, 1.807) is 0 Å². The third-order valence-electron chi connectivity index (χ3n) is 11.7. The van der Waals surface area contributed by atoms with Crippen molar-refractivity contribution in [2.24, 2.45) is 0 Å². The lowest BCUT2D eigenvalue weighted by Crippen LogP contribution is -2.52. The molecule has 0 aliphatic carbocycles. The quantitative estimate of drug-likeness (QED) is 0.0477. The van der Waals surface area contributed by atoms with E-state index in [-0.39, 0.29) is 11.5 Å². The number of ether oxygens (including phenoxy) is 2. The number of carbonyl (C=O) groups excluding carboxylic acids is 1. The number of rotatable bonds is 35. The van der Waals surface area contributed by atoms with Crippen LogP contribution in [0.2, 0.25) is 0 Å². The molecule has 314 valence electrons. The van der Waals surface area contributed by atoms with Crippen molar-refractivity contribution in [2.75, 3.05) is 40.3 Å². The molecule has 2 unspecified atom stereocenters. The summed E-state index contributed by atoms with van der Waals surface area (Å²) < 4.78 is 13.8. The number of unbranched alkanes of at least 4 members (excludes halogenated alkanes) is 21. The Morgan fingerprint density at radius 3 is 1.61 bits per heavy atom. The molecule has 5 heteroatoms. The van der Waals surface area contributed by atoms with Gasteiger partial charge in [-0.3, -0.25) is 4.79 Å². The van der Waals surface area contributed by atoms with Crippen molar-refractivity contribution in [1.82, 2.24) is 9.80 Å². The number of nitrogens with zero attached hydrogens (tertiary/aromatic N) is 2. The standard InChI is InChI=1S/C49H90N2O3/c1-5-7-9-11-13-15-17-19-21-23-25-27-29-31-33-35-41-49(42-36-34-32-30-28-26-24-22-20-18-16-14-12-10-8-6-2)53-46-48(54-49)40-38-44-51(45-48)47(52)39-37-43-50(3)4/h13,15,19-22H,5-12,14,16-18,23-46H2,1-4H3/b15-13-,21-19-,22-20-. The Morgan fingerprint density at radius 1 is 0.611 bits per heavy atom. The first-order chi connectivity index (χ1) is 26.4. The van der Waals surface area contributed by atoms with Gasteiger partial charge in [-0.2, -0.15) is 0 Å². The zero-order valence-corrected chi connectivity index (χ0v) is 36.5. The van der Waals surface area contributed by atoms with Gasteiger partial charge in [0.05, 0.1) is 13.2 Å². The van der Waals surface area contributed by atoms with Gasteiger partial charge >= 0.3 is 0 Å². The number of allylic oxidation sites excluding steroid dienone is 6. The highest BCUT2D eigenvalue weighted by Gasteiger charge is 2.51. The number of hydrogen-bond acceptors (Lipinski definition) is 4. The molecule has 0 saturated carbocycles. The Morgan fingerprint density at radius 2 is 1.07 bits per heavy atom. The average Bonchev–Trinajstić information content (AvgIpc) is 3.50. The fraction of sp³-hybridized carbons (Fsp3) is 0.857. The van der Waals surface area contributed by atoms with Gasteiger partial charge in [0.2, 0.25) is 5.91 Å². The van der Waals surface area contributed by atoms with Crippen molar-refractivity contribution in [1.29, 1.82) is 0 Å². The first kappa shape index (κ1) is 48.7. The van der Waals surface area contributed by atoms with E-state index in [1.807, 2.05) is 0 Å². The lowest BCUT2D eigenvalue weighted by molar-refractivity contribution is -0.206. The molecule has 2 heterocycles. The fourth-order valence-electron chi connectivity index (χ4n) is 8.33. The molecule has 2 atom stereocenters. The molecular formula is C49H90N2O3. The van der Waals surface area contributed by atoms with Gasteiger partial charge in [-0.1, -0.05) is 147 Å². The third-order valence-corrected chi connectivity index (χ3v) is 11.7. The minimum Gasteiger partial charge on any atom is -0.347 e. The summed E-state index contributed by atoms with van der Waals surface area (Å²) in [7, 11) is 4.16. The molecule has 1 amide bonds. The van der Waals surface area contributed by atoms with E-state index in [0.29, 0.717) is 19.6 Å². The van der Waals surface area contributed by atoms with Crippen LogP contribution in [0.4, 0.5) is 0 Å². The molecule has 2 fully saturated rings. The Kier molecular flexibility index (Phi) is 29.4. The van der Waals surface area contributed by atoms with E-state index in [9.17, 15) is 4.79 Å². The van der Waals surface area contributed by atoms with Crippen molar-refractivity contribution in [3.63, 3.8) is 0 Å². The molecular weight excluding hydrogens is 665 g/mol. The maximum atomic E-state index is 13.2. The van der Waals surface area contributed by atoms with E-state index in [0.717, 1.165) is 51.6 Å². The number of amides is 1. The summed E-state index contributed by atoms with van der Waals surface area (Å²) in [5.74, 6) is -0.178. The van der Waals surface area contributed by atoms with Crippen molar-refractivity contribution in [3.8, 4) is 0 Å². The van der Waals surface area contributed by atoms with Crippen LogP contribution in [0, 0.1) is 0 Å². The highest BCUT2D eigenvalue weighted by atomic mass is 16.8. The van der Waals surface area contributed by atoms with Gasteiger partial charge in [-0.25, -0.2) is 0 Å².